The smallest absolute Gasteiger partial charge is 0.248 e. The highest BCUT2D eigenvalue weighted by Crippen LogP contribution is 2.65. The Kier molecular flexibility index (Phi) is 4.64. The number of hydrogen-bond acceptors (Lipinski definition) is 4. The van der Waals surface area contributed by atoms with Gasteiger partial charge >= 0.3 is 0 Å². The summed E-state index contributed by atoms with van der Waals surface area (Å²) in [6.07, 6.45) is 5.69. The molecule has 4 aliphatic carbocycles. The zero-order valence-electron chi connectivity index (χ0n) is 18.4. The van der Waals surface area contributed by atoms with Gasteiger partial charge in [0.15, 0.2) is 0 Å². The molecule has 33 heavy (non-hydrogen) atoms. The summed E-state index contributed by atoms with van der Waals surface area (Å²) in [5.41, 5.74) is 1.47. The molecule has 0 aromatic heterocycles. The molecule has 0 unspecified atom stereocenters. The molecule has 1 heterocycles. The fraction of sp³-hybridized carbons (Fsp3) is 0.370. The Labute approximate surface area is 192 Å². The third-order valence-corrected chi connectivity index (χ3v) is 7.92. The summed E-state index contributed by atoms with van der Waals surface area (Å²) in [5, 5.41) is 2.91. The predicted molar refractivity (Wildman–Crippen MR) is 122 cm³/mol. The van der Waals surface area contributed by atoms with Gasteiger partial charge in [-0.05, 0) is 47.8 Å². The number of hydrogen-bond donors (Lipinski definition) is 1. The van der Waals surface area contributed by atoms with E-state index in [4.69, 9.17) is 4.74 Å². The first-order chi connectivity index (χ1) is 16.1. The third kappa shape index (κ3) is 3.19. The van der Waals surface area contributed by atoms with Crippen molar-refractivity contribution in [3.8, 4) is 5.75 Å². The van der Waals surface area contributed by atoms with E-state index in [1.807, 2.05) is 30.3 Å². The number of methoxy groups -OCH3 is 1. The van der Waals surface area contributed by atoms with E-state index < -0.39 is 6.04 Å². The molecule has 1 N–H and O–H groups in total. The molecule has 7 rings (SSSR count). The van der Waals surface area contributed by atoms with Crippen LogP contribution in [-0.4, -0.2) is 35.8 Å². The fourth-order valence-corrected chi connectivity index (χ4v) is 6.35. The highest BCUT2D eigenvalue weighted by Gasteiger charge is 2.67. The van der Waals surface area contributed by atoms with Crippen molar-refractivity contribution < 1.29 is 19.1 Å². The molecule has 0 spiro atoms. The summed E-state index contributed by atoms with van der Waals surface area (Å²) in [6.45, 7) is 0. The zero-order valence-corrected chi connectivity index (χ0v) is 18.4. The first-order valence-corrected chi connectivity index (χ1v) is 11.6. The lowest BCUT2D eigenvalue weighted by Gasteiger charge is -2.37. The lowest BCUT2D eigenvalue weighted by molar-refractivity contribution is -0.146. The Morgan fingerprint density at radius 1 is 1.00 bits per heavy atom. The summed E-state index contributed by atoms with van der Waals surface area (Å²) in [6, 6.07) is 15.7. The van der Waals surface area contributed by atoms with Gasteiger partial charge in [0, 0.05) is 18.2 Å². The molecule has 3 amide bonds. The second kappa shape index (κ2) is 7.58. The molecule has 6 nitrogen and oxygen atoms in total. The van der Waals surface area contributed by atoms with Gasteiger partial charge in [-0.3, -0.25) is 19.3 Å². The largest absolute Gasteiger partial charge is 0.497 e. The third-order valence-electron chi connectivity index (χ3n) is 7.92. The van der Waals surface area contributed by atoms with E-state index in [1.54, 1.807) is 31.4 Å². The average Bonchev–Trinajstić information content (AvgIpc) is 3.62. The first-order valence-electron chi connectivity index (χ1n) is 11.6. The molecule has 2 bridgehead atoms. The molecule has 3 fully saturated rings. The van der Waals surface area contributed by atoms with Gasteiger partial charge in [0.25, 0.3) is 0 Å². The first kappa shape index (κ1) is 20.2. The fourth-order valence-electron chi connectivity index (χ4n) is 6.35. The molecule has 2 aromatic rings. The molecule has 168 valence electrons. The van der Waals surface area contributed by atoms with Crippen molar-refractivity contribution in [2.75, 3.05) is 12.4 Å². The minimum atomic E-state index is -0.903. The predicted octanol–water partition coefficient (Wildman–Crippen LogP) is 3.30. The van der Waals surface area contributed by atoms with Crippen LogP contribution >= 0.6 is 0 Å². The lowest BCUT2D eigenvalue weighted by Crippen LogP contribution is -2.49. The number of nitrogens with zero attached hydrogens (tertiary/aromatic N) is 1. The number of likely N-dealkylation sites (tertiary alicyclic amines) is 1. The number of rotatable bonds is 6. The van der Waals surface area contributed by atoms with Gasteiger partial charge in [0.1, 0.15) is 11.8 Å². The minimum Gasteiger partial charge on any atom is -0.497 e. The van der Waals surface area contributed by atoms with Crippen LogP contribution in [-0.2, 0) is 20.8 Å². The quantitative estimate of drug-likeness (QED) is 0.550. The summed E-state index contributed by atoms with van der Waals surface area (Å²) in [7, 11) is 1.56. The molecule has 7 atom stereocenters. The van der Waals surface area contributed by atoms with Crippen molar-refractivity contribution in [1.82, 2.24) is 4.90 Å². The van der Waals surface area contributed by atoms with E-state index in [-0.39, 0.29) is 47.8 Å². The molecular formula is C27H26N2O4. The number of ether oxygens (including phenoxy) is 1. The molecular weight excluding hydrogens is 416 g/mol. The van der Waals surface area contributed by atoms with Gasteiger partial charge in [-0.25, -0.2) is 0 Å². The van der Waals surface area contributed by atoms with Crippen LogP contribution in [0.1, 0.15) is 12.0 Å². The molecule has 1 saturated heterocycles. The maximum absolute atomic E-state index is 13.7. The Balaban J connectivity index is 1.32. The van der Waals surface area contributed by atoms with Crippen molar-refractivity contribution in [3.05, 3.63) is 72.3 Å². The Bertz CT molecular complexity index is 1120. The van der Waals surface area contributed by atoms with E-state index in [1.165, 1.54) is 4.90 Å². The van der Waals surface area contributed by atoms with Crippen molar-refractivity contribution in [2.24, 2.45) is 35.5 Å². The number of anilines is 1. The molecule has 2 saturated carbocycles. The molecule has 5 aliphatic rings. The summed E-state index contributed by atoms with van der Waals surface area (Å²) >= 11 is 0. The van der Waals surface area contributed by atoms with Crippen LogP contribution in [0.4, 0.5) is 5.69 Å². The van der Waals surface area contributed by atoms with Crippen LogP contribution in [0.5, 0.6) is 5.75 Å². The van der Waals surface area contributed by atoms with Crippen LogP contribution < -0.4 is 10.1 Å². The van der Waals surface area contributed by atoms with E-state index >= 15 is 0 Å². The van der Waals surface area contributed by atoms with Gasteiger partial charge in [0.05, 0.1) is 18.9 Å². The standard InChI is InChI=1S/C27H26N2O4/c1-33-17-9-5-8-16(13-17)28-25(30)22(12-15-6-3-2-4-7-15)29-26(31)23-18-10-11-19(21-14-20(18)21)24(23)27(29)32/h2-11,13,18-24H,12,14H2,1H3,(H,28,30)/t18-,19-,20-,21-,22+,23+,24+/m1/s1. The van der Waals surface area contributed by atoms with Crippen molar-refractivity contribution in [2.45, 2.75) is 18.9 Å². The summed E-state index contributed by atoms with van der Waals surface area (Å²) in [4.78, 5) is 42.2. The minimum absolute atomic E-state index is 0.130. The number of imide groups is 1. The molecule has 6 heteroatoms. The van der Waals surface area contributed by atoms with Crippen LogP contribution in [0.15, 0.2) is 66.7 Å². The topological polar surface area (TPSA) is 75.7 Å². The molecule has 1 aliphatic heterocycles. The van der Waals surface area contributed by atoms with Crippen LogP contribution in [0.2, 0.25) is 0 Å². The molecule has 0 radical (unpaired) electrons. The highest BCUT2D eigenvalue weighted by atomic mass is 16.5. The Morgan fingerprint density at radius 3 is 2.30 bits per heavy atom. The maximum atomic E-state index is 13.7. The SMILES string of the molecule is COc1cccc(NC(=O)[C@H](Cc2ccccc2)N2C(=O)[C@H]3[C@@H]4C=C[C@H]([C@H]5C[C@H]45)[C@@H]3C2=O)c1. The van der Waals surface area contributed by atoms with Gasteiger partial charge in [-0.1, -0.05) is 48.6 Å². The summed E-state index contributed by atoms with van der Waals surface area (Å²) in [5.74, 6) is 0.556. The maximum Gasteiger partial charge on any atom is 0.248 e. The Hall–Kier alpha value is -3.41. The van der Waals surface area contributed by atoms with Crippen LogP contribution in [0.25, 0.3) is 0 Å². The van der Waals surface area contributed by atoms with E-state index in [0.717, 1.165) is 12.0 Å². The van der Waals surface area contributed by atoms with Gasteiger partial charge in [-0.15, -0.1) is 0 Å². The number of nitrogens with one attached hydrogen (secondary N) is 1. The monoisotopic (exact) mass is 442 g/mol. The number of benzene rings is 2. The number of allylic oxidation sites excluding steroid dienone is 2. The van der Waals surface area contributed by atoms with Crippen molar-refractivity contribution in [3.63, 3.8) is 0 Å². The van der Waals surface area contributed by atoms with E-state index in [9.17, 15) is 14.4 Å². The lowest BCUT2D eigenvalue weighted by atomic mass is 9.63. The number of amides is 3. The van der Waals surface area contributed by atoms with Crippen LogP contribution in [0.3, 0.4) is 0 Å². The zero-order chi connectivity index (χ0) is 22.7. The van der Waals surface area contributed by atoms with Gasteiger partial charge in [-0.2, -0.15) is 0 Å². The van der Waals surface area contributed by atoms with E-state index in [2.05, 4.69) is 17.5 Å². The second-order valence-corrected chi connectivity index (χ2v) is 9.63. The van der Waals surface area contributed by atoms with Gasteiger partial charge < -0.3 is 10.1 Å². The van der Waals surface area contributed by atoms with Crippen LogP contribution in [0, 0.1) is 35.5 Å². The van der Waals surface area contributed by atoms with Crippen molar-refractivity contribution >= 4 is 23.4 Å². The number of carbonyl (C=O) groups excluding carboxylic acids is 3. The summed E-state index contributed by atoms with van der Waals surface area (Å²) < 4.78 is 5.26. The highest BCUT2D eigenvalue weighted by molar-refractivity contribution is 6.10. The normalized spacial score (nSPS) is 31.7. The van der Waals surface area contributed by atoms with E-state index in [0.29, 0.717) is 23.3 Å². The van der Waals surface area contributed by atoms with Gasteiger partial charge in [0.2, 0.25) is 17.7 Å². The van der Waals surface area contributed by atoms with Crippen molar-refractivity contribution in [1.29, 1.82) is 0 Å². The molecule has 2 aromatic carbocycles. The Morgan fingerprint density at radius 2 is 1.67 bits per heavy atom. The average molecular weight is 443 g/mol. The number of carbonyl (C=O) groups is 3. The second-order valence-electron chi connectivity index (χ2n) is 9.63.